The SMILES string of the molecule is CCC/C(B1OC(C)(C)C(C)(C)O1)=C(\c1ccccc1)c1ccc(OCCN2CCCC2)cc1. The molecule has 0 aliphatic carbocycles. The maximum atomic E-state index is 6.52. The van der Waals surface area contributed by atoms with Crippen molar-refractivity contribution in [2.75, 3.05) is 26.2 Å². The second kappa shape index (κ2) is 10.7. The highest BCUT2D eigenvalue weighted by atomic mass is 16.7. The number of likely N-dealkylation sites (tertiary alicyclic amines) is 1. The molecule has 2 aromatic rings. The van der Waals surface area contributed by atoms with Gasteiger partial charge in [0, 0.05) is 6.54 Å². The van der Waals surface area contributed by atoms with Gasteiger partial charge in [0.1, 0.15) is 12.4 Å². The highest BCUT2D eigenvalue weighted by Gasteiger charge is 2.52. The van der Waals surface area contributed by atoms with Crippen molar-refractivity contribution in [3.05, 3.63) is 71.2 Å². The molecule has 2 aliphatic heterocycles. The predicted octanol–water partition coefficient (Wildman–Crippen LogP) is 6.39. The molecule has 34 heavy (non-hydrogen) atoms. The van der Waals surface area contributed by atoms with E-state index in [0.29, 0.717) is 0 Å². The summed E-state index contributed by atoms with van der Waals surface area (Å²) in [6.07, 6.45) is 4.56. The number of allylic oxidation sites excluding steroid dienone is 1. The zero-order valence-electron chi connectivity index (χ0n) is 21.6. The number of benzene rings is 2. The van der Waals surface area contributed by atoms with Crippen LogP contribution in [0.1, 0.15) is 71.4 Å². The third kappa shape index (κ3) is 5.59. The fourth-order valence-electron chi connectivity index (χ4n) is 4.77. The van der Waals surface area contributed by atoms with Crippen LogP contribution in [0.5, 0.6) is 5.75 Å². The Morgan fingerprint density at radius 3 is 2.06 bits per heavy atom. The standard InChI is InChI=1S/C29H40BNO3/c1-6-12-26(30-33-28(2,3)29(4,5)34-30)27(23-13-8-7-9-14-23)24-15-17-25(18-16-24)32-22-21-31-19-10-11-20-31/h7-9,13-18H,6,10-12,19-22H2,1-5H3/b27-26-. The summed E-state index contributed by atoms with van der Waals surface area (Å²) in [4.78, 5) is 2.48. The van der Waals surface area contributed by atoms with Crippen LogP contribution in [0.2, 0.25) is 0 Å². The summed E-state index contributed by atoms with van der Waals surface area (Å²) in [5.41, 5.74) is 4.01. The van der Waals surface area contributed by atoms with Crippen molar-refractivity contribution in [3.63, 3.8) is 0 Å². The van der Waals surface area contributed by atoms with Crippen LogP contribution in [0.3, 0.4) is 0 Å². The van der Waals surface area contributed by atoms with E-state index in [1.165, 1.54) is 42.5 Å². The Morgan fingerprint density at radius 1 is 0.882 bits per heavy atom. The van der Waals surface area contributed by atoms with Crippen LogP contribution >= 0.6 is 0 Å². The maximum absolute atomic E-state index is 6.52. The van der Waals surface area contributed by atoms with E-state index in [1.807, 2.05) is 0 Å². The zero-order chi connectivity index (χ0) is 24.2. The van der Waals surface area contributed by atoms with Crippen LogP contribution in [0.15, 0.2) is 60.1 Å². The van der Waals surface area contributed by atoms with Gasteiger partial charge in [0.15, 0.2) is 0 Å². The molecular formula is C29H40BNO3. The van der Waals surface area contributed by atoms with Gasteiger partial charge in [-0.1, -0.05) is 55.8 Å². The summed E-state index contributed by atoms with van der Waals surface area (Å²) in [5, 5.41) is 0. The summed E-state index contributed by atoms with van der Waals surface area (Å²) in [7, 11) is -0.364. The van der Waals surface area contributed by atoms with Crippen LogP contribution in [0, 0.1) is 0 Å². The minimum Gasteiger partial charge on any atom is -0.492 e. The third-order valence-electron chi connectivity index (χ3n) is 7.46. The molecule has 182 valence electrons. The Bertz CT molecular complexity index is 947. The highest BCUT2D eigenvalue weighted by molar-refractivity contribution is 6.56. The van der Waals surface area contributed by atoms with Gasteiger partial charge in [-0.05, 0) is 94.4 Å². The van der Waals surface area contributed by atoms with E-state index in [4.69, 9.17) is 14.0 Å². The fourth-order valence-corrected chi connectivity index (χ4v) is 4.77. The molecule has 0 radical (unpaired) electrons. The van der Waals surface area contributed by atoms with Gasteiger partial charge in [0.05, 0.1) is 11.2 Å². The van der Waals surface area contributed by atoms with E-state index >= 15 is 0 Å². The summed E-state index contributed by atoms with van der Waals surface area (Å²) in [6, 6.07) is 19.1. The summed E-state index contributed by atoms with van der Waals surface area (Å²) < 4.78 is 19.1. The van der Waals surface area contributed by atoms with Gasteiger partial charge >= 0.3 is 7.12 Å². The Hall–Kier alpha value is -2.08. The highest BCUT2D eigenvalue weighted by Crippen LogP contribution is 2.42. The van der Waals surface area contributed by atoms with Crippen LogP contribution in [0.25, 0.3) is 5.57 Å². The molecule has 0 bridgehead atoms. The van der Waals surface area contributed by atoms with E-state index in [9.17, 15) is 0 Å². The smallest absolute Gasteiger partial charge is 0.491 e. The van der Waals surface area contributed by atoms with Crippen molar-refractivity contribution in [2.45, 2.75) is 71.5 Å². The molecule has 0 atom stereocenters. The fraction of sp³-hybridized carbons (Fsp3) is 0.517. The largest absolute Gasteiger partial charge is 0.492 e. The number of hydrogen-bond donors (Lipinski definition) is 0. The van der Waals surface area contributed by atoms with Crippen LogP contribution in [-0.4, -0.2) is 49.5 Å². The molecule has 4 nitrogen and oxygen atoms in total. The first-order chi connectivity index (χ1) is 16.3. The third-order valence-corrected chi connectivity index (χ3v) is 7.46. The van der Waals surface area contributed by atoms with E-state index in [2.05, 4.69) is 94.1 Å². The van der Waals surface area contributed by atoms with E-state index in [0.717, 1.165) is 37.3 Å². The summed E-state index contributed by atoms with van der Waals surface area (Å²) >= 11 is 0. The molecule has 0 spiro atoms. The molecule has 0 saturated carbocycles. The molecule has 0 amide bonds. The topological polar surface area (TPSA) is 30.9 Å². The van der Waals surface area contributed by atoms with Crippen molar-refractivity contribution in [3.8, 4) is 5.75 Å². The molecule has 0 aromatic heterocycles. The second-order valence-electron chi connectivity index (χ2n) is 10.5. The van der Waals surface area contributed by atoms with Crippen LogP contribution < -0.4 is 4.74 Å². The van der Waals surface area contributed by atoms with Gasteiger partial charge in [0.2, 0.25) is 0 Å². The minimum absolute atomic E-state index is 0.364. The average Bonchev–Trinajstić information content (AvgIpc) is 3.40. The van der Waals surface area contributed by atoms with Crippen molar-refractivity contribution in [1.29, 1.82) is 0 Å². The quantitative estimate of drug-likeness (QED) is 0.405. The van der Waals surface area contributed by atoms with Gasteiger partial charge in [-0.15, -0.1) is 0 Å². The molecule has 4 rings (SSSR count). The molecular weight excluding hydrogens is 421 g/mol. The van der Waals surface area contributed by atoms with Crippen molar-refractivity contribution in [2.24, 2.45) is 0 Å². The summed E-state index contributed by atoms with van der Waals surface area (Å²) in [6.45, 7) is 14.8. The molecule has 5 heteroatoms. The number of hydrogen-bond acceptors (Lipinski definition) is 4. The zero-order valence-corrected chi connectivity index (χ0v) is 21.6. The molecule has 2 saturated heterocycles. The van der Waals surface area contributed by atoms with Gasteiger partial charge in [-0.25, -0.2) is 0 Å². The Kier molecular flexibility index (Phi) is 7.86. The first-order valence-electron chi connectivity index (χ1n) is 12.9. The number of ether oxygens (including phenoxy) is 1. The van der Waals surface area contributed by atoms with Crippen LogP contribution in [0.4, 0.5) is 0 Å². The lowest BCUT2D eigenvalue weighted by Crippen LogP contribution is -2.41. The Morgan fingerprint density at radius 2 is 1.47 bits per heavy atom. The normalized spacial score (nSPS) is 20.4. The minimum atomic E-state index is -0.370. The first-order valence-corrected chi connectivity index (χ1v) is 12.9. The predicted molar refractivity (Wildman–Crippen MR) is 141 cm³/mol. The van der Waals surface area contributed by atoms with Gasteiger partial charge in [-0.3, -0.25) is 4.90 Å². The lowest BCUT2D eigenvalue weighted by molar-refractivity contribution is 0.00578. The molecule has 0 unspecified atom stereocenters. The van der Waals surface area contributed by atoms with Crippen LogP contribution in [-0.2, 0) is 9.31 Å². The van der Waals surface area contributed by atoms with Gasteiger partial charge < -0.3 is 14.0 Å². The van der Waals surface area contributed by atoms with Crippen molar-refractivity contribution in [1.82, 2.24) is 4.90 Å². The number of nitrogens with zero attached hydrogens (tertiary/aromatic N) is 1. The van der Waals surface area contributed by atoms with Crippen molar-refractivity contribution < 1.29 is 14.0 Å². The van der Waals surface area contributed by atoms with Gasteiger partial charge in [-0.2, -0.15) is 0 Å². The molecule has 0 N–H and O–H groups in total. The maximum Gasteiger partial charge on any atom is 0.491 e. The van der Waals surface area contributed by atoms with E-state index in [-0.39, 0.29) is 18.3 Å². The Labute approximate surface area is 206 Å². The lowest BCUT2D eigenvalue weighted by atomic mass is 9.70. The molecule has 2 aliphatic rings. The Balaban J connectivity index is 1.63. The average molecular weight is 461 g/mol. The van der Waals surface area contributed by atoms with E-state index < -0.39 is 0 Å². The second-order valence-corrected chi connectivity index (χ2v) is 10.5. The molecule has 2 heterocycles. The lowest BCUT2D eigenvalue weighted by Gasteiger charge is -2.32. The molecule has 2 aromatic carbocycles. The van der Waals surface area contributed by atoms with Gasteiger partial charge in [0.25, 0.3) is 0 Å². The molecule has 2 fully saturated rings. The van der Waals surface area contributed by atoms with Crippen molar-refractivity contribution >= 4 is 12.7 Å². The monoisotopic (exact) mass is 461 g/mol. The first kappa shape index (κ1) is 25.0. The van der Waals surface area contributed by atoms with E-state index in [1.54, 1.807) is 0 Å². The summed E-state index contributed by atoms with van der Waals surface area (Å²) in [5.74, 6) is 0.919. The number of rotatable bonds is 9.